The Balaban J connectivity index is 0.000000157. The summed E-state index contributed by atoms with van der Waals surface area (Å²) < 4.78 is 56.5. The van der Waals surface area contributed by atoms with Crippen molar-refractivity contribution < 1.29 is 46.7 Å². The molecule has 0 aliphatic carbocycles. The zero-order valence-corrected chi connectivity index (χ0v) is 37.5. The van der Waals surface area contributed by atoms with E-state index in [0.717, 1.165) is 15.8 Å². The first-order chi connectivity index (χ1) is 30.4. The third kappa shape index (κ3) is 10.4. The van der Waals surface area contributed by atoms with Crippen molar-refractivity contribution in [2.75, 3.05) is 36.0 Å². The molecule has 0 spiro atoms. The molecule has 20 heteroatoms. The zero-order valence-electron chi connectivity index (χ0n) is 35.9. The number of aromatic nitrogens is 4. The number of amides is 4. The summed E-state index contributed by atoms with van der Waals surface area (Å²) in [6.07, 6.45) is 8.86. The molecule has 2 atom stereocenters. The van der Waals surface area contributed by atoms with Crippen LogP contribution >= 0.6 is 15.9 Å². The maximum absolute atomic E-state index is 14.7. The molecular weight excluding hydrogens is 897 g/mol. The van der Waals surface area contributed by atoms with Crippen LogP contribution in [0.15, 0.2) is 102 Å². The second kappa shape index (κ2) is 18.8. The van der Waals surface area contributed by atoms with Gasteiger partial charge in [0.05, 0.1) is 48.8 Å². The molecule has 2 N–H and O–H groups in total. The van der Waals surface area contributed by atoms with E-state index in [1.807, 2.05) is 67.1 Å². The van der Waals surface area contributed by atoms with Crippen LogP contribution in [0.25, 0.3) is 22.4 Å². The lowest BCUT2D eigenvalue weighted by Crippen LogP contribution is -2.41. The molecule has 16 nitrogen and oxygen atoms in total. The average Bonchev–Trinajstić information content (AvgIpc) is 4.08. The van der Waals surface area contributed by atoms with Crippen molar-refractivity contribution in [1.29, 1.82) is 0 Å². The predicted octanol–water partition coefficient (Wildman–Crippen LogP) is 6.28. The Kier molecular flexibility index (Phi) is 13.4. The molecule has 9 rings (SSSR count). The van der Waals surface area contributed by atoms with Gasteiger partial charge in [-0.15, -0.1) is 0 Å². The number of carbonyl (C=O) groups is 4. The van der Waals surface area contributed by atoms with Crippen molar-refractivity contribution in [2.45, 2.75) is 65.0 Å². The third-order valence-electron chi connectivity index (χ3n) is 11.0. The van der Waals surface area contributed by atoms with E-state index < -0.39 is 54.3 Å². The van der Waals surface area contributed by atoms with Crippen molar-refractivity contribution in [2.24, 2.45) is 0 Å². The Morgan fingerprint density at radius 2 is 1.23 bits per heavy atom. The van der Waals surface area contributed by atoms with Crippen molar-refractivity contribution in [1.82, 2.24) is 29.4 Å². The first-order valence-corrected chi connectivity index (χ1v) is 21.1. The van der Waals surface area contributed by atoms with Crippen LogP contribution in [0.2, 0.25) is 0 Å². The van der Waals surface area contributed by atoms with Gasteiger partial charge in [-0.05, 0) is 98.2 Å². The molecule has 7 heterocycles. The summed E-state index contributed by atoms with van der Waals surface area (Å²) in [4.78, 5) is 57.1. The standard InChI is InChI=1S/C19H17FN4O3.C18H24BFN2O5.C7H5BrN2/c1-12(25)22-9-15-11-24(19(26)27-15)14-3-4-16(17(20)8-14)13-2-5-18-21-6-7-23(18)10-13;1-11(23)21-9-13-10-22(16(24)25-13)12-6-7-14(15(20)8-12)19-26-17(2,3)18(4,5)27-19;8-6-1-2-7-9-3-4-10(7)5-6/h2-8,10,15H,9,11H2,1H3,(H,22,25);6-8,13H,9-10H2,1-5H3,(H,21,23);1-5H/t15-;13-;/m00./s1. The molecule has 3 aliphatic heterocycles. The molecule has 2 aromatic carbocycles. The Morgan fingerprint density at radius 1 is 0.734 bits per heavy atom. The van der Waals surface area contributed by atoms with Crippen LogP contribution in [-0.4, -0.2) is 99.5 Å². The number of halogens is 3. The molecule has 334 valence electrons. The van der Waals surface area contributed by atoms with Crippen molar-refractivity contribution in [3.8, 4) is 11.1 Å². The minimum Gasteiger partial charge on any atom is -0.442 e. The van der Waals surface area contributed by atoms with Gasteiger partial charge in [0.2, 0.25) is 11.8 Å². The van der Waals surface area contributed by atoms with E-state index in [-0.39, 0.29) is 43.5 Å². The normalized spacial score (nSPS) is 18.5. The second-order valence-corrected chi connectivity index (χ2v) is 17.1. The summed E-state index contributed by atoms with van der Waals surface area (Å²) in [5.74, 6) is -1.37. The molecule has 4 amide bonds. The fraction of sp³-hybridized carbons (Fsp3) is 0.318. The Labute approximate surface area is 376 Å². The number of imidazole rings is 2. The SMILES string of the molecule is Brc1ccc2nccn2c1.CC(=O)NC[C@H]1CN(c2ccc(-c3ccc4nccn4c3)c(F)c2)C(=O)O1.CC(=O)NC[C@H]1CN(c2ccc(B3OC(C)(C)C(C)(C)O3)c(F)c2)C(=O)O1. The van der Waals surface area contributed by atoms with E-state index in [9.17, 15) is 28.0 Å². The molecule has 3 saturated heterocycles. The number of benzene rings is 2. The molecule has 0 saturated carbocycles. The van der Waals surface area contributed by atoms with Crippen LogP contribution < -0.4 is 25.9 Å². The van der Waals surface area contributed by atoms with Crippen molar-refractivity contribution in [3.63, 3.8) is 0 Å². The van der Waals surface area contributed by atoms with Gasteiger partial charge in [-0.1, -0.05) is 6.07 Å². The van der Waals surface area contributed by atoms with E-state index in [1.165, 1.54) is 35.8 Å². The van der Waals surface area contributed by atoms with Gasteiger partial charge in [0.15, 0.2) is 0 Å². The number of hydrogen-bond donors (Lipinski definition) is 2. The number of nitrogens with zero attached hydrogens (tertiary/aromatic N) is 6. The lowest BCUT2D eigenvalue weighted by Gasteiger charge is -2.32. The molecule has 6 aromatic rings. The monoisotopic (exact) mass is 942 g/mol. The molecule has 0 radical (unpaired) electrons. The minimum atomic E-state index is -0.818. The van der Waals surface area contributed by atoms with Gasteiger partial charge in [0, 0.05) is 72.1 Å². The minimum absolute atomic E-state index is 0.199. The highest BCUT2D eigenvalue weighted by molar-refractivity contribution is 9.10. The average molecular weight is 944 g/mol. The van der Waals surface area contributed by atoms with Crippen molar-refractivity contribution >= 4 is 75.2 Å². The van der Waals surface area contributed by atoms with Gasteiger partial charge in [-0.25, -0.2) is 28.3 Å². The number of nitrogens with one attached hydrogen (secondary N) is 2. The Hall–Kier alpha value is -6.38. The van der Waals surface area contributed by atoms with E-state index in [2.05, 4.69) is 36.5 Å². The topological polar surface area (TPSA) is 170 Å². The molecule has 4 aromatic heterocycles. The van der Waals surface area contributed by atoms with Gasteiger partial charge < -0.3 is 38.2 Å². The van der Waals surface area contributed by atoms with Crippen LogP contribution in [0.5, 0.6) is 0 Å². The number of fused-ring (bicyclic) bond motifs is 2. The van der Waals surface area contributed by atoms with Gasteiger partial charge in [0.25, 0.3) is 0 Å². The molecular formula is C44H46BBrF2N8O8. The molecule has 0 unspecified atom stereocenters. The number of cyclic esters (lactones) is 2. The third-order valence-corrected chi connectivity index (χ3v) is 11.5. The number of rotatable bonds is 8. The van der Waals surface area contributed by atoms with Gasteiger partial charge in [0.1, 0.15) is 35.1 Å². The van der Waals surface area contributed by atoms with E-state index >= 15 is 0 Å². The lowest BCUT2D eigenvalue weighted by atomic mass is 9.78. The van der Waals surface area contributed by atoms with Crippen LogP contribution in [0.1, 0.15) is 41.5 Å². The van der Waals surface area contributed by atoms with Crippen LogP contribution in [-0.2, 0) is 28.4 Å². The van der Waals surface area contributed by atoms with E-state index in [1.54, 1.807) is 55.1 Å². The maximum Gasteiger partial charge on any atom is 0.497 e. The maximum atomic E-state index is 14.7. The number of anilines is 2. The summed E-state index contributed by atoms with van der Waals surface area (Å²) in [7, 11) is -0.818. The molecule has 0 bridgehead atoms. The van der Waals surface area contributed by atoms with Crippen LogP contribution in [0.4, 0.5) is 29.7 Å². The summed E-state index contributed by atoms with van der Waals surface area (Å²) in [5.41, 5.74) is 2.81. The number of carbonyl (C=O) groups excluding carboxylic acids is 4. The zero-order chi connectivity index (χ0) is 45.9. The van der Waals surface area contributed by atoms with Gasteiger partial charge in [-0.2, -0.15) is 0 Å². The molecule has 3 aliphatic rings. The quantitative estimate of drug-likeness (QED) is 0.166. The smallest absolute Gasteiger partial charge is 0.442 e. The highest BCUT2D eigenvalue weighted by atomic mass is 79.9. The fourth-order valence-corrected chi connectivity index (χ4v) is 7.27. The lowest BCUT2D eigenvalue weighted by molar-refractivity contribution is -0.120. The molecule has 3 fully saturated rings. The van der Waals surface area contributed by atoms with E-state index in [4.69, 9.17) is 18.8 Å². The fourth-order valence-electron chi connectivity index (χ4n) is 6.92. The number of ether oxygens (including phenoxy) is 2. The van der Waals surface area contributed by atoms with E-state index in [0.29, 0.717) is 22.5 Å². The van der Waals surface area contributed by atoms with Gasteiger partial charge in [-0.3, -0.25) is 19.4 Å². The predicted molar refractivity (Wildman–Crippen MR) is 238 cm³/mol. The summed E-state index contributed by atoms with van der Waals surface area (Å²) in [6, 6.07) is 16.6. The first-order valence-electron chi connectivity index (χ1n) is 20.3. The highest BCUT2D eigenvalue weighted by Gasteiger charge is 2.52. The van der Waals surface area contributed by atoms with Gasteiger partial charge >= 0.3 is 19.3 Å². The van der Waals surface area contributed by atoms with Crippen molar-refractivity contribution in [3.05, 3.63) is 114 Å². The summed E-state index contributed by atoms with van der Waals surface area (Å²) >= 11 is 3.37. The molecule has 64 heavy (non-hydrogen) atoms. The highest BCUT2D eigenvalue weighted by Crippen LogP contribution is 2.37. The number of hydrogen-bond acceptors (Lipinski definition) is 10. The number of pyridine rings is 2. The first kappa shape index (κ1) is 45.6. The summed E-state index contributed by atoms with van der Waals surface area (Å²) in [6.45, 7) is 11.3. The van der Waals surface area contributed by atoms with Crippen LogP contribution in [0.3, 0.4) is 0 Å². The Bertz CT molecular complexity index is 2700. The second-order valence-electron chi connectivity index (χ2n) is 16.2. The Morgan fingerprint density at radius 3 is 1.75 bits per heavy atom. The van der Waals surface area contributed by atoms with Crippen LogP contribution in [0, 0.1) is 11.6 Å². The largest absolute Gasteiger partial charge is 0.497 e. The summed E-state index contributed by atoms with van der Waals surface area (Å²) in [5, 5.41) is 5.21.